The van der Waals surface area contributed by atoms with E-state index >= 15 is 0 Å². The maximum atomic E-state index is 12.7. The van der Waals surface area contributed by atoms with Crippen LogP contribution in [0.3, 0.4) is 0 Å². The summed E-state index contributed by atoms with van der Waals surface area (Å²) in [7, 11) is 0. The Kier molecular flexibility index (Phi) is 5.58. The molecule has 1 aliphatic heterocycles. The molecule has 4 nitrogen and oxygen atoms in total. The summed E-state index contributed by atoms with van der Waals surface area (Å²) in [4.78, 5) is 15.0. The molecule has 4 rings (SSSR count). The summed E-state index contributed by atoms with van der Waals surface area (Å²) in [5.74, 6) is 0.242. The molecule has 0 aliphatic carbocycles. The van der Waals surface area contributed by atoms with Gasteiger partial charge < -0.3 is 9.88 Å². The van der Waals surface area contributed by atoms with Gasteiger partial charge in [0.2, 0.25) is 5.91 Å². The molecule has 0 saturated carbocycles. The summed E-state index contributed by atoms with van der Waals surface area (Å²) in [5, 5.41) is 3.18. The van der Waals surface area contributed by atoms with Crippen LogP contribution in [0.1, 0.15) is 35.7 Å². The molecule has 0 saturated heterocycles. The van der Waals surface area contributed by atoms with Crippen molar-refractivity contribution in [2.24, 2.45) is 0 Å². The molecular weight excluding hydrogens is 346 g/mol. The summed E-state index contributed by atoms with van der Waals surface area (Å²) in [6, 6.07) is 25.3. The first kappa shape index (κ1) is 18.5. The van der Waals surface area contributed by atoms with Crippen LogP contribution in [0.15, 0.2) is 79.0 Å². The first-order valence-electron chi connectivity index (χ1n) is 9.98. The Morgan fingerprint density at radius 3 is 2.25 bits per heavy atom. The molecule has 1 aromatic heterocycles. The lowest BCUT2D eigenvalue weighted by Crippen LogP contribution is -2.43. The normalized spacial score (nSPS) is 16.7. The number of rotatable bonds is 6. The molecule has 1 amide bonds. The van der Waals surface area contributed by atoms with E-state index in [0.717, 1.165) is 13.1 Å². The molecule has 1 N–H and O–H groups in total. The van der Waals surface area contributed by atoms with Crippen molar-refractivity contribution in [3.05, 3.63) is 95.8 Å². The van der Waals surface area contributed by atoms with Crippen LogP contribution in [0, 0.1) is 0 Å². The van der Waals surface area contributed by atoms with Crippen LogP contribution in [0.25, 0.3) is 0 Å². The summed E-state index contributed by atoms with van der Waals surface area (Å²) < 4.78 is 2.28. The number of carbonyl (C=O) groups is 1. The van der Waals surface area contributed by atoms with E-state index in [0.29, 0.717) is 13.1 Å². The Hall–Kier alpha value is -2.85. The summed E-state index contributed by atoms with van der Waals surface area (Å²) in [5.41, 5.74) is 3.72. The van der Waals surface area contributed by atoms with Gasteiger partial charge >= 0.3 is 0 Å². The minimum Gasteiger partial charge on any atom is -0.354 e. The second kappa shape index (κ2) is 8.44. The van der Waals surface area contributed by atoms with E-state index in [-0.39, 0.29) is 17.9 Å². The van der Waals surface area contributed by atoms with Gasteiger partial charge in [-0.05, 0) is 30.2 Å². The number of amides is 1. The number of carbonyl (C=O) groups excluding carboxylic acids is 1. The molecule has 0 unspecified atom stereocenters. The third kappa shape index (κ3) is 4.02. The zero-order chi connectivity index (χ0) is 19.3. The molecule has 0 fully saturated rings. The van der Waals surface area contributed by atoms with Gasteiger partial charge in [0, 0.05) is 43.5 Å². The van der Waals surface area contributed by atoms with Gasteiger partial charge in [-0.15, -0.1) is 0 Å². The predicted octanol–water partition coefficient (Wildman–Crippen LogP) is 3.81. The van der Waals surface area contributed by atoms with E-state index < -0.39 is 0 Å². The van der Waals surface area contributed by atoms with Crippen molar-refractivity contribution in [1.29, 1.82) is 0 Å². The molecule has 144 valence electrons. The minimum absolute atomic E-state index is 0.0868. The average Bonchev–Trinajstić information content (AvgIpc) is 3.22. The predicted molar refractivity (Wildman–Crippen MR) is 112 cm³/mol. The van der Waals surface area contributed by atoms with E-state index in [1.54, 1.807) is 0 Å². The number of aromatic nitrogens is 1. The van der Waals surface area contributed by atoms with Crippen molar-refractivity contribution in [2.45, 2.75) is 25.4 Å². The van der Waals surface area contributed by atoms with E-state index in [2.05, 4.69) is 88.6 Å². The van der Waals surface area contributed by atoms with Crippen LogP contribution < -0.4 is 5.32 Å². The molecule has 1 aliphatic rings. The molecule has 0 bridgehead atoms. The lowest BCUT2D eigenvalue weighted by atomic mass is 9.91. The molecule has 0 spiro atoms. The van der Waals surface area contributed by atoms with Crippen molar-refractivity contribution < 1.29 is 4.79 Å². The van der Waals surface area contributed by atoms with Gasteiger partial charge in [-0.2, -0.15) is 0 Å². The number of nitrogens with one attached hydrogen (secondary N) is 1. The number of hydrogen-bond acceptors (Lipinski definition) is 2. The van der Waals surface area contributed by atoms with Gasteiger partial charge in [-0.3, -0.25) is 9.69 Å². The van der Waals surface area contributed by atoms with E-state index in [1.165, 1.54) is 16.8 Å². The first-order valence-corrected chi connectivity index (χ1v) is 9.98. The molecule has 1 atom stereocenters. The monoisotopic (exact) mass is 373 g/mol. The van der Waals surface area contributed by atoms with Crippen molar-refractivity contribution in [3.63, 3.8) is 0 Å². The first-order chi connectivity index (χ1) is 13.7. The largest absolute Gasteiger partial charge is 0.354 e. The number of hydrogen-bond donors (Lipinski definition) is 1. The van der Waals surface area contributed by atoms with Gasteiger partial charge in [-0.1, -0.05) is 60.7 Å². The lowest BCUT2D eigenvalue weighted by Gasteiger charge is -2.34. The van der Waals surface area contributed by atoms with Crippen LogP contribution >= 0.6 is 0 Å². The van der Waals surface area contributed by atoms with E-state index in [9.17, 15) is 4.79 Å². The Morgan fingerprint density at radius 1 is 0.964 bits per heavy atom. The standard InChI is InChI=1S/C24H27N3O/c1-19-23-13-8-14-26(23)15-16-27(19)18-24(28)25-17-22(20-9-4-2-5-10-20)21-11-6-3-7-12-21/h2-14,19,22H,15-18H2,1H3,(H,25,28)/t19-/m1/s1. The molecule has 0 radical (unpaired) electrons. The molecule has 2 heterocycles. The Balaban J connectivity index is 1.41. The van der Waals surface area contributed by atoms with E-state index in [1.807, 2.05) is 12.1 Å². The quantitative estimate of drug-likeness (QED) is 0.713. The van der Waals surface area contributed by atoms with Crippen molar-refractivity contribution in [3.8, 4) is 0 Å². The Labute approximate surface area is 166 Å². The van der Waals surface area contributed by atoms with Crippen molar-refractivity contribution >= 4 is 5.91 Å². The summed E-state index contributed by atoms with van der Waals surface area (Å²) >= 11 is 0. The highest BCUT2D eigenvalue weighted by molar-refractivity contribution is 5.78. The SMILES string of the molecule is C[C@@H]1c2cccn2CCN1CC(=O)NCC(c1ccccc1)c1ccccc1. The van der Waals surface area contributed by atoms with Crippen LogP contribution in [-0.2, 0) is 11.3 Å². The fourth-order valence-electron chi connectivity index (χ4n) is 4.10. The zero-order valence-electron chi connectivity index (χ0n) is 16.3. The number of benzene rings is 2. The second-order valence-electron chi connectivity index (χ2n) is 7.45. The third-order valence-electron chi connectivity index (χ3n) is 5.72. The summed E-state index contributed by atoms with van der Waals surface area (Å²) in [6.45, 7) is 5.05. The van der Waals surface area contributed by atoms with Gasteiger partial charge in [0.15, 0.2) is 0 Å². The fraction of sp³-hybridized carbons (Fsp3) is 0.292. The highest BCUT2D eigenvalue weighted by atomic mass is 16.2. The smallest absolute Gasteiger partial charge is 0.234 e. The molecule has 4 heteroatoms. The highest BCUT2D eigenvalue weighted by Crippen LogP contribution is 2.25. The van der Waals surface area contributed by atoms with Gasteiger partial charge in [-0.25, -0.2) is 0 Å². The Morgan fingerprint density at radius 2 is 1.61 bits per heavy atom. The zero-order valence-corrected chi connectivity index (χ0v) is 16.3. The molecular formula is C24H27N3O. The maximum absolute atomic E-state index is 12.7. The van der Waals surface area contributed by atoms with Crippen LogP contribution in [0.2, 0.25) is 0 Å². The Bertz CT molecular complexity index is 864. The molecule has 3 aromatic rings. The molecule has 2 aromatic carbocycles. The van der Waals surface area contributed by atoms with Crippen LogP contribution in [0.4, 0.5) is 0 Å². The van der Waals surface area contributed by atoms with Crippen molar-refractivity contribution in [2.75, 3.05) is 19.6 Å². The third-order valence-corrected chi connectivity index (χ3v) is 5.72. The van der Waals surface area contributed by atoms with Crippen molar-refractivity contribution in [1.82, 2.24) is 14.8 Å². The van der Waals surface area contributed by atoms with Gasteiger partial charge in [0.1, 0.15) is 0 Å². The van der Waals surface area contributed by atoms with Crippen LogP contribution in [-0.4, -0.2) is 35.0 Å². The van der Waals surface area contributed by atoms with E-state index in [4.69, 9.17) is 0 Å². The second-order valence-corrected chi connectivity index (χ2v) is 7.45. The lowest BCUT2D eigenvalue weighted by molar-refractivity contribution is -0.123. The van der Waals surface area contributed by atoms with Gasteiger partial charge in [0.25, 0.3) is 0 Å². The highest BCUT2D eigenvalue weighted by Gasteiger charge is 2.25. The number of fused-ring (bicyclic) bond motifs is 1. The average molecular weight is 374 g/mol. The van der Waals surface area contributed by atoms with Crippen LogP contribution in [0.5, 0.6) is 0 Å². The minimum atomic E-state index is 0.0868. The molecule has 28 heavy (non-hydrogen) atoms. The fourth-order valence-corrected chi connectivity index (χ4v) is 4.10. The summed E-state index contributed by atoms with van der Waals surface area (Å²) in [6.07, 6.45) is 2.12. The number of nitrogens with zero attached hydrogens (tertiary/aromatic N) is 2. The maximum Gasteiger partial charge on any atom is 0.234 e. The topological polar surface area (TPSA) is 37.3 Å². The van der Waals surface area contributed by atoms with Gasteiger partial charge in [0.05, 0.1) is 6.54 Å².